The van der Waals surface area contributed by atoms with Gasteiger partial charge in [0.25, 0.3) is 5.56 Å². The standard InChI is InChI=1S/C26H27N5O5.H2/c1-35-19-8-2-3-9-20(19)36-26(34)29(16-6-4-7-16)15-5-10-21-27-22-23(28-21)30(17-11-12-17)25(33)31(24(22)32)18-13-14-18;/h2-3,8-9,16-18H,4,6-7,11-15H2,1H3,(H,27,28);1H. The zero-order valence-corrected chi connectivity index (χ0v) is 20.0. The number of para-hydroxylation sites is 2. The van der Waals surface area contributed by atoms with E-state index in [0.29, 0.717) is 28.5 Å². The van der Waals surface area contributed by atoms with E-state index in [0.717, 1.165) is 44.9 Å². The third kappa shape index (κ3) is 4.04. The first kappa shape index (κ1) is 22.5. The number of H-pyrrole nitrogens is 1. The maximum absolute atomic E-state index is 13.0. The fraction of sp³-hybridized carbons (Fsp3) is 0.462. The quantitative estimate of drug-likeness (QED) is 0.530. The number of aromatic nitrogens is 4. The van der Waals surface area contributed by atoms with Crippen molar-refractivity contribution < 1.29 is 15.7 Å². The van der Waals surface area contributed by atoms with E-state index >= 15 is 0 Å². The number of rotatable bonds is 6. The van der Waals surface area contributed by atoms with Crippen LogP contribution in [0.25, 0.3) is 11.2 Å². The number of carbonyl (C=O) groups is 1. The van der Waals surface area contributed by atoms with Gasteiger partial charge in [0.15, 0.2) is 28.5 Å². The largest absolute Gasteiger partial charge is 0.493 e. The van der Waals surface area contributed by atoms with Gasteiger partial charge < -0.3 is 14.5 Å². The van der Waals surface area contributed by atoms with Crippen LogP contribution in [0.1, 0.15) is 64.3 Å². The molecule has 10 heteroatoms. The monoisotopic (exact) mass is 491 g/mol. The fourth-order valence-electron chi connectivity index (χ4n) is 4.58. The maximum atomic E-state index is 13.0. The SMILES string of the molecule is COc1ccccc1OC(=O)N(CC#Cc1nc2c([nH]1)c(=O)n(C1CC1)c(=O)n2C1CC1)C1CCC1.[HH]. The van der Waals surface area contributed by atoms with Crippen molar-refractivity contribution in [3.8, 4) is 23.3 Å². The van der Waals surface area contributed by atoms with E-state index in [1.54, 1.807) is 33.7 Å². The molecule has 0 radical (unpaired) electrons. The smallest absolute Gasteiger partial charge is 0.416 e. The number of carbonyl (C=O) groups excluding carboxylic acids is 1. The molecule has 1 aromatic carbocycles. The molecule has 36 heavy (non-hydrogen) atoms. The Balaban J connectivity index is 0.00000280. The van der Waals surface area contributed by atoms with E-state index in [-0.39, 0.29) is 37.3 Å². The molecular formula is C26H29N5O5. The van der Waals surface area contributed by atoms with Gasteiger partial charge in [0.05, 0.1) is 13.7 Å². The number of aromatic amines is 1. The molecule has 0 aliphatic heterocycles. The van der Waals surface area contributed by atoms with Crippen molar-refractivity contribution in [2.45, 2.75) is 63.1 Å². The number of hydrogen-bond acceptors (Lipinski definition) is 6. The Morgan fingerprint density at radius 2 is 1.81 bits per heavy atom. The number of nitrogens with one attached hydrogen (secondary N) is 1. The van der Waals surface area contributed by atoms with Crippen molar-refractivity contribution in [3.63, 3.8) is 0 Å². The first-order valence-corrected chi connectivity index (χ1v) is 12.4. The zero-order chi connectivity index (χ0) is 24.8. The molecular weight excluding hydrogens is 462 g/mol. The Kier molecular flexibility index (Phi) is 5.55. The third-order valence-electron chi connectivity index (χ3n) is 7.05. The second-order valence-corrected chi connectivity index (χ2v) is 9.61. The first-order chi connectivity index (χ1) is 17.5. The van der Waals surface area contributed by atoms with Crippen molar-refractivity contribution in [1.82, 2.24) is 24.0 Å². The highest BCUT2D eigenvalue weighted by Crippen LogP contribution is 2.37. The lowest BCUT2D eigenvalue weighted by Gasteiger charge is -2.35. The Morgan fingerprint density at radius 3 is 2.44 bits per heavy atom. The highest BCUT2D eigenvalue weighted by molar-refractivity contribution is 5.73. The van der Waals surface area contributed by atoms with Gasteiger partial charge in [0.1, 0.15) is 0 Å². The summed E-state index contributed by atoms with van der Waals surface area (Å²) in [5, 5.41) is 0. The second-order valence-electron chi connectivity index (χ2n) is 9.61. The molecule has 0 atom stereocenters. The molecule has 0 spiro atoms. The fourth-order valence-corrected chi connectivity index (χ4v) is 4.58. The van der Waals surface area contributed by atoms with Gasteiger partial charge in [0.2, 0.25) is 0 Å². The molecule has 188 valence electrons. The van der Waals surface area contributed by atoms with Gasteiger partial charge in [-0.25, -0.2) is 14.6 Å². The summed E-state index contributed by atoms with van der Waals surface area (Å²) in [6.07, 6.45) is 5.82. The van der Waals surface area contributed by atoms with Crippen molar-refractivity contribution in [2.75, 3.05) is 13.7 Å². The lowest BCUT2D eigenvalue weighted by Crippen LogP contribution is -2.45. The summed E-state index contributed by atoms with van der Waals surface area (Å²) >= 11 is 0. The van der Waals surface area contributed by atoms with Gasteiger partial charge in [0, 0.05) is 19.6 Å². The highest BCUT2D eigenvalue weighted by atomic mass is 16.6. The van der Waals surface area contributed by atoms with Crippen LogP contribution in [0.5, 0.6) is 11.5 Å². The number of hydrogen-bond donors (Lipinski definition) is 1. The van der Waals surface area contributed by atoms with Crippen LogP contribution in [-0.2, 0) is 0 Å². The van der Waals surface area contributed by atoms with Crippen LogP contribution < -0.4 is 20.7 Å². The number of methoxy groups -OCH3 is 1. The van der Waals surface area contributed by atoms with E-state index in [2.05, 4.69) is 21.8 Å². The van der Waals surface area contributed by atoms with Gasteiger partial charge in [-0.3, -0.25) is 18.8 Å². The number of fused-ring (bicyclic) bond motifs is 1. The Morgan fingerprint density at radius 1 is 1.11 bits per heavy atom. The van der Waals surface area contributed by atoms with E-state index in [9.17, 15) is 14.4 Å². The lowest BCUT2D eigenvalue weighted by molar-refractivity contribution is 0.111. The van der Waals surface area contributed by atoms with Crippen LogP contribution in [0.2, 0.25) is 0 Å². The van der Waals surface area contributed by atoms with E-state index in [1.807, 2.05) is 0 Å². The molecule has 0 saturated heterocycles. The maximum Gasteiger partial charge on any atom is 0.416 e. The minimum absolute atomic E-state index is 0. The minimum atomic E-state index is -0.488. The molecule has 3 fully saturated rings. The van der Waals surface area contributed by atoms with E-state index in [1.165, 1.54) is 11.7 Å². The first-order valence-electron chi connectivity index (χ1n) is 12.4. The second kappa shape index (κ2) is 8.90. The van der Waals surface area contributed by atoms with Crippen LogP contribution in [0.15, 0.2) is 33.9 Å². The predicted molar refractivity (Wildman–Crippen MR) is 134 cm³/mol. The summed E-state index contributed by atoms with van der Waals surface area (Å²) in [6, 6.07) is 7.11. The number of amides is 1. The van der Waals surface area contributed by atoms with Crippen LogP contribution in [-0.4, -0.2) is 49.8 Å². The molecule has 0 bridgehead atoms. The van der Waals surface area contributed by atoms with Crippen molar-refractivity contribution >= 4 is 17.3 Å². The Bertz CT molecular complexity index is 1520. The molecule has 2 aromatic heterocycles. The normalized spacial score (nSPS) is 17.2. The van der Waals surface area contributed by atoms with Crippen LogP contribution >= 0.6 is 0 Å². The van der Waals surface area contributed by atoms with Gasteiger partial charge in [-0.05, 0) is 63.0 Å². The average Bonchev–Trinajstić information content (AvgIpc) is 3.77. The van der Waals surface area contributed by atoms with Crippen LogP contribution in [0.3, 0.4) is 0 Å². The molecule has 10 nitrogen and oxygen atoms in total. The molecule has 3 aliphatic rings. The van der Waals surface area contributed by atoms with E-state index in [4.69, 9.17) is 9.47 Å². The summed E-state index contributed by atoms with van der Waals surface area (Å²) in [4.78, 5) is 48.2. The lowest BCUT2D eigenvalue weighted by atomic mass is 9.92. The summed E-state index contributed by atoms with van der Waals surface area (Å²) < 4.78 is 13.9. The average molecular weight is 492 g/mol. The third-order valence-corrected chi connectivity index (χ3v) is 7.05. The molecule has 0 unspecified atom stereocenters. The minimum Gasteiger partial charge on any atom is -0.493 e. The van der Waals surface area contributed by atoms with Crippen molar-refractivity contribution in [1.29, 1.82) is 0 Å². The summed E-state index contributed by atoms with van der Waals surface area (Å²) in [6.45, 7) is 0.150. The highest BCUT2D eigenvalue weighted by Gasteiger charge is 2.34. The summed E-state index contributed by atoms with van der Waals surface area (Å²) in [7, 11) is 1.53. The number of nitrogens with zero attached hydrogens (tertiary/aromatic N) is 4. The van der Waals surface area contributed by atoms with Crippen LogP contribution in [0, 0.1) is 11.8 Å². The molecule has 1 amide bonds. The molecule has 2 heterocycles. The van der Waals surface area contributed by atoms with E-state index < -0.39 is 6.09 Å². The topological polar surface area (TPSA) is 111 Å². The molecule has 3 saturated carbocycles. The number of imidazole rings is 1. The van der Waals surface area contributed by atoms with Gasteiger partial charge in [-0.1, -0.05) is 18.1 Å². The van der Waals surface area contributed by atoms with Gasteiger partial charge >= 0.3 is 11.8 Å². The molecule has 6 rings (SSSR count). The van der Waals surface area contributed by atoms with Crippen molar-refractivity contribution in [2.24, 2.45) is 0 Å². The predicted octanol–water partition coefficient (Wildman–Crippen LogP) is 3.22. The molecule has 3 aromatic rings. The molecule has 3 aliphatic carbocycles. The number of benzene rings is 1. The van der Waals surface area contributed by atoms with Crippen LogP contribution in [0.4, 0.5) is 4.79 Å². The molecule has 1 N–H and O–H groups in total. The van der Waals surface area contributed by atoms with Gasteiger partial charge in [-0.2, -0.15) is 0 Å². The summed E-state index contributed by atoms with van der Waals surface area (Å²) in [5.74, 6) is 7.09. The Hall–Kier alpha value is -4.00. The van der Waals surface area contributed by atoms with Gasteiger partial charge in [-0.15, -0.1) is 0 Å². The Labute approximate surface area is 208 Å². The summed E-state index contributed by atoms with van der Waals surface area (Å²) in [5.41, 5.74) is 0.0504. The number of ether oxygens (including phenoxy) is 2. The zero-order valence-electron chi connectivity index (χ0n) is 20.0. The van der Waals surface area contributed by atoms with Crippen molar-refractivity contribution in [3.05, 3.63) is 50.9 Å².